The molecule has 3 atom stereocenters. The van der Waals surface area contributed by atoms with Gasteiger partial charge in [0.15, 0.2) is 0 Å². The maximum atomic E-state index is 11.0. The van der Waals surface area contributed by atoms with Gasteiger partial charge in [0, 0.05) is 17.7 Å². The molecule has 2 fully saturated rings. The van der Waals surface area contributed by atoms with E-state index in [1.165, 1.54) is 25.7 Å². The van der Waals surface area contributed by atoms with Crippen molar-refractivity contribution in [2.45, 2.75) is 38.1 Å². The van der Waals surface area contributed by atoms with Gasteiger partial charge in [-0.25, -0.2) is 0 Å². The zero-order chi connectivity index (χ0) is 13.4. The zero-order valence-electron chi connectivity index (χ0n) is 11.0. The first-order valence-corrected chi connectivity index (χ1v) is 7.16. The molecule has 0 heterocycles. The molecule has 0 radical (unpaired) electrons. The molecule has 4 nitrogen and oxygen atoms in total. The number of nitro benzene ring substituents is 1. The van der Waals surface area contributed by atoms with Crippen LogP contribution in [0.1, 0.15) is 31.2 Å². The maximum Gasteiger partial charge on any atom is 0.272 e. The predicted molar refractivity (Wildman–Crippen MR) is 73.7 cm³/mol. The molecule has 2 saturated carbocycles. The van der Waals surface area contributed by atoms with Gasteiger partial charge in [-0.05, 0) is 37.0 Å². The number of rotatable bonds is 4. The molecule has 2 aliphatic rings. The summed E-state index contributed by atoms with van der Waals surface area (Å²) in [6.07, 6.45) is 5.90. The Balaban J connectivity index is 1.70. The summed E-state index contributed by atoms with van der Waals surface area (Å²) in [6.45, 7) is 0. The van der Waals surface area contributed by atoms with Crippen molar-refractivity contribution in [3.63, 3.8) is 0 Å². The van der Waals surface area contributed by atoms with Crippen LogP contribution in [0.25, 0.3) is 0 Å². The highest BCUT2D eigenvalue weighted by atomic mass is 16.6. The number of nitro groups is 1. The molecule has 102 valence electrons. The lowest BCUT2D eigenvalue weighted by atomic mass is 9.99. The molecular weight excluding hydrogens is 240 g/mol. The predicted octanol–water partition coefficient (Wildman–Crippen LogP) is 2.90. The van der Waals surface area contributed by atoms with Gasteiger partial charge in [0.25, 0.3) is 5.69 Å². The minimum absolute atomic E-state index is 0.0780. The third-order valence-electron chi connectivity index (χ3n) is 4.86. The molecular formula is C15H20N2O2. The van der Waals surface area contributed by atoms with Crippen LogP contribution in [0.3, 0.4) is 0 Å². The zero-order valence-corrected chi connectivity index (χ0v) is 11.0. The van der Waals surface area contributed by atoms with Crippen LogP contribution in [0.2, 0.25) is 0 Å². The summed E-state index contributed by atoms with van der Waals surface area (Å²) < 4.78 is 0. The van der Waals surface area contributed by atoms with Crippen molar-refractivity contribution in [1.29, 1.82) is 0 Å². The van der Waals surface area contributed by atoms with Crippen LogP contribution >= 0.6 is 0 Å². The molecule has 4 heteroatoms. The van der Waals surface area contributed by atoms with E-state index in [0.717, 1.165) is 17.4 Å². The second-order valence-corrected chi connectivity index (χ2v) is 5.94. The van der Waals surface area contributed by atoms with Gasteiger partial charge in [0.1, 0.15) is 0 Å². The summed E-state index contributed by atoms with van der Waals surface area (Å²) >= 11 is 0. The van der Waals surface area contributed by atoms with E-state index >= 15 is 0 Å². The fourth-order valence-electron chi connectivity index (χ4n) is 3.93. The van der Waals surface area contributed by atoms with Crippen LogP contribution in [0.5, 0.6) is 0 Å². The van der Waals surface area contributed by atoms with Crippen molar-refractivity contribution >= 4 is 5.69 Å². The summed E-state index contributed by atoms with van der Waals surface area (Å²) in [7, 11) is 0. The number of fused-ring (bicyclic) bond motifs is 1. The Morgan fingerprint density at radius 3 is 2.53 bits per heavy atom. The van der Waals surface area contributed by atoms with Crippen molar-refractivity contribution in [2.75, 3.05) is 0 Å². The van der Waals surface area contributed by atoms with Gasteiger partial charge in [-0.15, -0.1) is 0 Å². The molecule has 0 bridgehead atoms. The monoisotopic (exact) mass is 260 g/mol. The Hall–Kier alpha value is -1.42. The van der Waals surface area contributed by atoms with Crippen LogP contribution in [-0.4, -0.2) is 11.0 Å². The largest absolute Gasteiger partial charge is 0.327 e. The third kappa shape index (κ3) is 2.37. The average Bonchev–Trinajstić information content (AvgIpc) is 3.13. The van der Waals surface area contributed by atoms with Crippen LogP contribution in [0.15, 0.2) is 24.3 Å². The smallest absolute Gasteiger partial charge is 0.272 e. The Morgan fingerprint density at radius 2 is 1.89 bits per heavy atom. The van der Waals surface area contributed by atoms with Crippen molar-refractivity contribution in [2.24, 2.45) is 23.5 Å². The van der Waals surface area contributed by atoms with Crippen LogP contribution in [0, 0.1) is 27.9 Å². The first kappa shape index (κ1) is 12.6. The van der Waals surface area contributed by atoms with Crippen LogP contribution in [0.4, 0.5) is 5.69 Å². The average molecular weight is 260 g/mol. The first-order valence-electron chi connectivity index (χ1n) is 7.16. The Kier molecular flexibility index (Phi) is 3.27. The fraction of sp³-hybridized carbons (Fsp3) is 0.600. The van der Waals surface area contributed by atoms with Gasteiger partial charge >= 0.3 is 0 Å². The number of nitrogens with two attached hydrogens (primary N) is 1. The molecule has 0 aromatic heterocycles. The first-order chi connectivity index (χ1) is 9.18. The van der Waals surface area contributed by atoms with Gasteiger partial charge in [-0.3, -0.25) is 10.1 Å². The molecule has 0 spiro atoms. The van der Waals surface area contributed by atoms with Gasteiger partial charge in [0.2, 0.25) is 0 Å². The standard InChI is InChI=1S/C15H20N2O2/c16-13(15-11-6-2-3-7-12(11)15)9-10-5-1-4-8-14(10)17(18)19/h1,4-5,8,11-13,15H,2-3,6-7,9,16H2. The quantitative estimate of drug-likeness (QED) is 0.668. The summed E-state index contributed by atoms with van der Waals surface area (Å²) in [5, 5.41) is 11.0. The van der Waals surface area contributed by atoms with Gasteiger partial charge in [-0.1, -0.05) is 31.0 Å². The summed E-state index contributed by atoms with van der Waals surface area (Å²) in [4.78, 5) is 10.7. The summed E-state index contributed by atoms with van der Waals surface area (Å²) in [5.41, 5.74) is 7.31. The Morgan fingerprint density at radius 1 is 1.26 bits per heavy atom. The van der Waals surface area contributed by atoms with E-state index in [1.807, 2.05) is 12.1 Å². The van der Waals surface area contributed by atoms with E-state index in [1.54, 1.807) is 12.1 Å². The molecule has 1 aromatic carbocycles. The van der Waals surface area contributed by atoms with E-state index in [0.29, 0.717) is 12.3 Å². The summed E-state index contributed by atoms with van der Waals surface area (Å²) in [6, 6.07) is 7.06. The van der Waals surface area contributed by atoms with Crippen molar-refractivity contribution in [3.05, 3.63) is 39.9 Å². The fourth-order valence-corrected chi connectivity index (χ4v) is 3.93. The lowest BCUT2D eigenvalue weighted by Crippen LogP contribution is -2.27. The molecule has 0 amide bonds. The van der Waals surface area contributed by atoms with E-state index in [9.17, 15) is 10.1 Å². The molecule has 0 aliphatic heterocycles. The normalized spacial score (nSPS) is 30.5. The number of hydrogen-bond donors (Lipinski definition) is 1. The van der Waals surface area contributed by atoms with E-state index in [2.05, 4.69) is 0 Å². The van der Waals surface area contributed by atoms with Crippen molar-refractivity contribution < 1.29 is 4.92 Å². The molecule has 2 aliphatic carbocycles. The minimum Gasteiger partial charge on any atom is -0.327 e. The summed E-state index contributed by atoms with van der Waals surface area (Å²) in [5.74, 6) is 2.19. The molecule has 3 rings (SSSR count). The Labute approximate surface area is 113 Å². The lowest BCUT2D eigenvalue weighted by molar-refractivity contribution is -0.385. The Bertz CT molecular complexity index is 477. The topological polar surface area (TPSA) is 69.2 Å². The molecule has 1 aromatic rings. The molecule has 0 saturated heterocycles. The molecule has 2 N–H and O–H groups in total. The molecule has 19 heavy (non-hydrogen) atoms. The van der Waals surface area contributed by atoms with Gasteiger partial charge in [-0.2, -0.15) is 0 Å². The van der Waals surface area contributed by atoms with Crippen LogP contribution in [-0.2, 0) is 6.42 Å². The van der Waals surface area contributed by atoms with E-state index in [4.69, 9.17) is 5.73 Å². The SMILES string of the molecule is NC(Cc1ccccc1[N+](=O)[O-])C1C2CCCCC21. The van der Waals surface area contributed by atoms with Crippen molar-refractivity contribution in [1.82, 2.24) is 0 Å². The number of para-hydroxylation sites is 1. The number of nitrogens with zero attached hydrogens (tertiary/aromatic N) is 1. The molecule has 3 unspecified atom stereocenters. The highest BCUT2D eigenvalue weighted by molar-refractivity contribution is 5.40. The highest BCUT2D eigenvalue weighted by Crippen LogP contribution is 2.56. The number of hydrogen-bond acceptors (Lipinski definition) is 3. The second kappa shape index (κ2) is 4.93. The minimum atomic E-state index is -0.304. The van der Waals surface area contributed by atoms with E-state index in [-0.39, 0.29) is 16.7 Å². The van der Waals surface area contributed by atoms with Crippen LogP contribution < -0.4 is 5.73 Å². The maximum absolute atomic E-state index is 11.0. The van der Waals surface area contributed by atoms with E-state index < -0.39 is 0 Å². The van der Waals surface area contributed by atoms with Crippen molar-refractivity contribution in [3.8, 4) is 0 Å². The highest BCUT2D eigenvalue weighted by Gasteiger charge is 2.53. The van der Waals surface area contributed by atoms with Gasteiger partial charge in [0.05, 0.1) is 4.92 Å². The lowest BCUT2D eigenvalue weighted by Gasteiger charge is -2.11. The number of benzene rings is 1. The van der Waals surface area contributed by atoms with Gasteiger partial charge < -0.3 is 5.73 Å². The second-order valence-electron chi connectivity index (χ2n) is 5.94. The third-order valence-corrected chi connectivity index (χ3v) is 4.86.